The molecule has 0 fully saturated rings. The van der Waals surface area contributed by atoms with Crippen LogP contribution in [-0.4, -0.2) is 37.2 Å². The lowest BCUT2D eigenvalue weighted by Gasteiger charge is -2.24. The van der Waals surface area contributed by atoms with Gasteiger partial charge in [0.05, 0.1) is 6.42 Å². The predicted octanol–water partition coefficient (Wildman–Crippen LogP) is 3.85. The van der Waals surface area contributed by atoms with Crippen molar-refractivity contribution in [2.45, 2.75) is 19.1 Å². The molecule has 0 spiro atoms. The summed E-state index contributed by atoms with van der Waals surface area (Å²) >= 11 is 0. The number of benzene rings is 3. The Balaban J connectivity index is 1.22. The quantitative estimate of drug-likeness (QED) is 0.621. The van der Waals surface area contributed by atoms with Gasteiger partial charge in [-0.3, -0.25) is 9.69 Å². The molecule has 2 aliphatic rings. The van der Waals surface area contributed by atoms with E-state index < -0.39 is 6.10 Å². The van der Waals surface area contributed by atoms with Crippen LogP contribution in [0.5, 0.6) is 17.2 Å². The number of amides is 1. The maximum Gasteiger partial charge on any atom is 0.231 e. The first-order valence-corrected chi connectivity index (χ1v) is 11.0. The van der Waals surface area contributed by atoms with Crippen molar-refractivity contribution in [2.75, 3.05) is 26.4 Å². The summed E-state index contributed by atoms with van der Waals surface area (Å²) in [6.45, 7) is 2.50. The average Bonchev–Trinajstić information content (AvgIpc) is 3.19. The van der Waals surface area contributed by atoms with E-state index in [1.54, 1.807) is 12.1 Å². The van der Waals surface area contributed by atoms with Crippen LogP contribution in [0.25, 0.3) is 0 Å². The molecule has 0 radical (unpaired) electrons. The van der Waals surface area contributed by atoms with Gasteiger partial charge in [0.15, 0.2) is 11.5 Å². The molecule has 1 N–H and O–H groups in total. The topological polar surface area (TPSA) is 60.0 Å². The summed E-state index contributed by atoms with van der Waals surface area (Å²) in [7, 11) is 0. The van der Waals surface area contributed by atoms with Crippen LogP contribution in [0, 0.1) is 5.82 Å². The third-order valence-electron chi connectivity index (χ3n) is 5.86. The first-order chi connectivity index (χ1) is 16.2. The van der Waals surface area contributed by atoms with Crippen LogP contribution in [0.3, 0.4) is 0 Å². The van der Waals surface area contributed by atoms with Crippen LogP contribution in [0.4, 0.5) is 4.39 Å². The second kappa shape index (κ2) is 9.50. The van der Waals surface area contributed by atoms with Crippen molar-refractivity contribution in [2.24, 2.45) is 0 Å². The van der Waals surface area contributed by atoms with Gasteiger partial charge in [-0.2, -0.15) is 0 Å². The minimum absolute atomic E-state index is 0.0639. The molecule has 170 valence electrons. The molecule has 7 heteroatoms. The Morgan fingerprint density at radius 2 is 1.82 bits per heavy atom. The highest BCUT2D eigenvalue weighted by Gasteiger charge is 2.26. The molecular weight excluding hydrogens is 423 g/mol. The zero-order valence-corrected chi connectivity index (χ0v) is 18.1. The Morgan fingerprint density at radius 3 is 2.73 bits per heavy atom. The lowest BCUT2D eigenvalue weighted by Crippen LogP contribution is -2.37. The number of carbonyl (C=O) groups excluding carboxylic acids is 1. The summed E-state index contributed by atoms with van der Waals surface area (Å²) in [6.07, 6.45) is -0.167. The van der Waals surface area contributed by atoms with E-state index in [-0.39, 0.29) is 24.9 Å². The average molecular weight is 448 g/mol. The number of hydrogen-bond acceptors (Lipinski definition) is 5. The Labute approximate surface area is 191 Å². The Morgan fingerprint density at radius 1 is 1.00 bits per heavy atom. The monoisotopic (exact) mass is 448 g/mol. The first kappa shape index (κ1) is 21.3. The van der Waals surface area contributed by atoms with Crippen molar-refractivity contribution >= 4 is 5.91 Å². The fourth-order valence-corrected chi connectivity index (χ4v) is 4.20. The zero-order valence-electron chi connectivity index (χ0n) is 18.1. The van der Waals surface area contributed by atoms with E-state index in [1.807, 2.05) is 48.5 Å². The smallest absolute Gasteiger partial charge is 0.231 e. The number of rotatable bonds is 6. The molecule has 3 aromatic carbocycles. The molecular formula is C26H25FN2O4. The van der Waals surface area contributed by atoms with Crippen molar-refractivity contribution in [1.29, 1.82) is 0 Å². The molecule has 3 aromatic rings. The molecule has 2 heterocycles. The van der Waals surface area contributed by atoms with Crippen molar-refractivity contribution in [3.8, 4) is 17.2 Å². The summed E-state index contributed by atoms with van der Waals surface area (Å²) in [5, 5.41) is 2.99. The van der Waals surface area contributed by atoms with E-state index in [0.29, 0.717) is 43.2 Å². The first-order valence-electron chi connectivity index (χ1n) is 11.0. The van der Waals surface area contributed by atoms with Gasteiger partial charge in [0.1, 0.15) is 17.7 Å². The molecule has 0 saturated carbocycles. The Hall–Kier alpha value is -3.58. The number of nitrogens with zero attached hydrogens (tertiary/aromatic N) is 1. The van der Waals surface area contributed by atoms with Gasteiger partial charge in [-0.05, 0) is 29.8 Å². The molecule has 6 nitrogen and oxygen atoms in total. The Bertz CT molecular complexity index is 1150. The number of carbonyl (C=O) groups is 1. The fourth-order valence-electron chi connectivity index (χ4n) is 4.20. The predicted molar refractivity (Wildman–Crippen MR) is 121 cm³/mol. The molecule has 1 unspecified atom stereocenters. The van der Waals surface area contributed by atoms with Gasteiger partial charge in [0, 0.05) is 37.3 Å². The molecule has 33 heavy (non-hydrogen) atoms. The number of para-hydroxylation sites is 1. The van der Waals surface area contributed by atoms with E-state index >= 15 is 0 Å². The van der Waals surface area contributed by atoms with Gasteiger partial charge in [-0.1, -0.05) is 42.5 Å². The van der Waals surface area contributed by atoms with Crippen molar-refractivity contribution in [3.63, 3.8) is 0 Å². The van der Waals surface area contributed by atoms with Gasteiger partial charge in [0.2, 0.25) is 12.7 Å². The van der Waals surface area contributed by atoms with Crippen molar-refractivity contribution in [1.82, 2.24) is 10.2 Å². The zero-order chi connectivity index (χ0) is 22.6. The number of ether oxygens (including phenoxy) is 3. The summed E-state index contributed by atoms with van der Waals surface area (Å²) in [6, 6.07) is 20.1. The van der Waals surface area contributed by atoms with Gasteiger partial charge in [-0.25, -0.2) is 4.39 Å². The minimum atomic E-state index is -0.431. The molecule has 0 aromatic heterocycles. The van der Waals surface area contributed by atoms with Crippen molar-refractivity contribution < 1.29 is 23.4 Å². The molecule has 0 saturated heterocycles. The lowest BCUT2D eigenvalue weighted by molar-refractivity contribution is -0.120. The lowest BCUT2D eigenvalue weighted by atomic mass is 10.1. The molecule has 1 atom stereocenters. The van der Waals surface area contributed by atoms with Crippen LogP contribution in [-0.2, 0) is 17.8 Å². The van der Waals surface area contributed by atoms with Crippen LogP contribution in [0.2, 0.25) is 0 Å². The van der Waals surface area contributed by atoms with Gasteiger partial charge >= 0.3 is 0 Å². The second-order valence-corrected chi connectivity index (χ2v) is 8.19. The summed E-state index contributed by atoms with van der Waals surface area (Å²) in [5.74, 6) is 1.79. The van der Waals surface area contributed by atoms with E-state index in [0.717, 1.165) is 16.9 Å². The summed E-state index contributed by atoms with van der Waals surface area (Å²) in [4.78, 5) is 14.7. The van der Waals surface area contributed by atoms with Crippen LogP contribution < -0.4 is 19.5 Å². The third-order valence-corrected chi connectivity index (χ3v) is 5.86. The van der Waals surface area contributed by atoms with E-state index in [4.69, 9.17) is 14.2 Å². The van der Waals surface area contributed by atoms with Crippen LogP contribution in [0.15, 0.2) is 66.7 Å². The van der Waals surface area contributed by atoms with Crippen molar-refractivity contribution in [3.05, 3.63) is 89.2 Å². The molecule has 0 aliphatic carbocycles. The summed E-state index contributed by atoms with van der Waals surface area (Å²) in [5.41, 5.74) is 2.45. The number of halogens is 1. The SMILES string of the molecule is O=C(Cc1ccc2c(c1)OCO2)NCCN1Cc2ccccc2OC(c2ccccc2F)C1. The largest absolute Gasteiger partial charge is 0.484 e. The maximum atomic E-state index is 14.5. The minimum Gasteiger partial charge on any atom is -0.484 e. The summed E-state index contributed by atoms with van der Waals surface area (Å²) < 4.78 is 31.4. The Kier molecular flexibility index (Phi) is 6.13. The molecule has 0 bridgehead atoms. The van der Waals surface area contributed by atoms with E-state index in [9.17, 15) is 9.18 Å². The third kappa shape index (κ3) is 4.93. The highest BCUT2D eigenvalue weighted by atomic mass is 19.1. The fraction of sp³-hybridized carbons (Fsp3) is 0.269. The molecule has 5 rings (SSSR count). The van der Waals surface area contributed by atoms with Gasteiger partial charge in [0.25, 0.3) is 0 Å². The van der Waals surface area contributed by atoms with Crippen LogP contribution >= 0.6 is 0 Å². The molecule has 1 amide bonds. The number of nitrogens with one attached hydrogen (secondary N) is 1. The highest BCUT2D eigenvalue weighted by molar-refractivity contribution is 5.78. The second-order valence-electron chi connectivity index (χ2n) is 8.19. The van der Waals surface area contributed by atoms with E-state index in [1.165, 1.54) is 6.07 Å². The van der Waals surface area contributed by atoms with Gasteiger partial charge < -0.3 is 19.5 Å². The van der Waals surface area contributed by atoms with E-state index in [2.05, 4.69) is 10.2 Å². The normalized spacial score (nSPS) is 17.1. The number of fused-ring (bicyclic) bond motifs is 2. The molecule has 2 aliphatic heterocycles. The van der Waals surface area contributed by atoms with Crippen LogP contribution in [0.1, 0.15) is 22.8 Å². The number of hydrogen-bond donors (Lipinski definition) is 1. The van der Waals surface area contributed by atoms with Gasteiger partial charge in [-0.15, -0.1) is 0 Å². The highest BCUT2D eigenvalue weighted by Crippen LogP contribution is 2.33. The standard InChI is InChI=1S/C26H25FN2O4/c27-21-7-3-2-6-20(21)25-16-29(15-19-5-1-4-8-22(19)33-25)12-11-28-26(30)14-18-9-10-23-24(13-18)32-17-31-23/h1-10,13,25H,11-12,14-17H2,(H,28,30). The maximum absolute atomic E-state index is 14.5.